The van der Waals surface area contributed by atoms with Gasteiger partial charge in [-0.2, -0.15) is 0 Å². The molecule has 0 bridgehead atoms. The van der Waals surface area contributed by atoms with Crippen LogP contribution in [0.4, 0.5) is 5.82 Å². The van der Waals surface area contributed by atoms with Crippen molar-refractivity contribution in [2.24, 2.45) is 5.92 Å². The smallest absolute Gasteiger partial charge is 0.309 e. The van der Waals surface area contributed by atoms with E-state index >= 15 is 0 Å². The highest BCUT2D eigenvalue weighted by Gasteiger charge is 2.34. The predicted octanol–water partition coefficient (Wildman–Crippen LogP) is 0.231. The third-order valence-electron chi connectivity index (χ3n) is 6.35. The molecule has 34 heavy (non-hydrogen) atoms. The molecule has 0 aliphatic carbocycles. The van der Waals surface area contributed by atoms with Crippen molar-refractivity contribution in [2.75, 3.05) is 52.2 Å². The molecule has 2 aliphatic rings. The Kier molecular flexibility index (Phi) is 8.92. The normalized spacial score (nSPS) is 21.8. The average Bonchev–Trinajstić information content (AvgIpc) is 2.82. The molecule has 3 rings (SSSR count). The largest absolute Gasteiger partial charge is 0.466 e. The summed E-state index contributed by atoms with van der Waals surface area (Å²) in [6.45, 7) is 4.46. The number of pyridine rings is 1. The van der Waals surface area contributed by atoms with Crippen molar-refractivity contribution in [3.8, 4) is 0 Å². The topological polar surface area (TPSA) is 147 Å². The SMILES string of the molecule is CCOC(=O)C1CCN(C(=O)CN2CC[C@H](NC(=O)c3cc(Cl)c(N)[nH]c3=O)[C@H](OC)C2)CC1. The number of nitrogens with one attached hydrogen (secondary N) is 2. The standard InChI is InChI=1S/C22H32ClN5O6/c1-3-34-22(32)13-4-8-28(9-5-13)18(29)12-27-7-6-16(17(11-27)33-2)25-20(30)14-10-15(23)19(24)26-21(14)31/h10,13,16-17H,3-9,11-12H2,1-2H3,(H,25,30)(H3,24,26,31)/t16-,17+/m0/s1. The van der Waals surface area contributed by atoms with Gasteiger partial charge in [-0.25, -0.2) is 0 Å². The van der Waals surface area contributed by atoms with Crippen molar-refractivity contribution in [1.29, 1.82) is 0 Å². The summed E-state index contributed by atoms with van der Waals surface area (Å²) >= 11 is 5.93. The van der Waals surface area contributed by atoms with Crippen LogP contribution in [0.5, 0.6) is 0 Å². The molecule has 1 aromatic rings. The fourth-order valence-electron chi connectivity index (χ4n) is 4.38. The molecule has 3 heterocycles. The first-order chi connectivity index (χ1) is 16.2. The fourth-order valence-corrected chi connectivity index (χ4v) is 4.53. The number of amides is 2. The summed E-state index contributed by atoms with van der Waals surface area (Å²) in [7, 11) is 1.54. The number of likely N-dealkylation sites (tertiary alicyclic amines) is 2. The Morgan fingerprint density at radius 3 is 2.59 bits per heavy atom. The number of piperidine rings is 2. The quantitative estimate of drug-likeness (QED) is 0.453. The van der Waals surface area contributed by atoms with Crippen molar-refractivity contribution in [3.63, 3.8) is 0 Å². The second kappa shape index (κ2) is 11.7. The van der Waals surface area contributed by atoms with E-state index in [4.69, 9.17) is 26.8 Å². The molecule has 0 unspecified atom stereocenters. The monoisotopic (exact) mass is 497 g/mol. The number of nitrogen functional groups attached to an aromatic ring is 1. The van der Waals surface area contributed by atoms with E-state index in [1.807, 2.05) is 4.90 Å². The molecule has 2 aliphatic heterocycles. The minimum atomic E-state index is -0.622. The molecule has 12 heteroatoms. The van der Waals surface area contributed by atoms with Gasteiger partial charge in [-0.1, -0.05) is 11.6 Å². The second-order valence-corrected chi connectivity index (χ2v) is 8.97. The van der Waals surface area contributed by atoms with E-state index in [1.165, 1.54) is 6.07 Å². The lowest BCUT2D eigenvalue weighted by Gasteiger charge is -2.39. The fraction of sp³-hybridized carbons (Fsp3) is 0.636. The summed E-state index contributed by atoms with van der Waals surface area (Å²) in [4.78, 5) is 55.5. The maximum absolute atomic E-state index is 12.8. The van der Waals surface area contributed by atoms with Crippen molar-refractivity contribution in [3.05, 3.63) is 27.0 Å². The Morgan fingerprint density at radius 2 is 1.94 bits per heavy atom. The molecular formula is C22H32ClN5O6. The number of ether oxygens (including phenoxy) is 2. The lowest BCUT2D eigenvalue weighted by atomic mass is 9.97. The van der Waals surface area contributed by atoms with Crippen LogP contribution in [-0.2, 0) is 19.1 Å². The van der Waals surface area contributed by atoms with E-state index in [-0.39, 0.29) is 52.9 Å². The number of hydrogen-bond acceptors (Lipinski definition) is 8. The van der Waals surface area contributed by atoms with Gasteiger partial charge in [0.2, 0.25) is 5.91 Å². The number of aromatic nitrogens is 1. The molecule has 2 fully saturated rings. The van der Waals surface area contributed by atoms with Gasteiger partial charge < -0.3 is 30.4 Å². The summed E-state index contributed by atoms with van der Waals surface area (Å²) in [5.41, 5.74) is 4.81. The number of nitrogens with zero attached hydrogens (tertiary/aromatic N) is 2. The lowest BCUT2D eigenvalue weighted by molar-refractivity contribution is -0.151. The van der Waals surface area contributed by atoms with E-state index in [1.54, 1.807) is 18.9 Å². The minimum absolute atomic E-state index is 0.000999. The third kappa shape index (κ3) is 6.28. The van der Waals surface area contributed by atoms with E-state index in [2.05, 4.69) is 10.3 Å². The Bertz CT molecular complexity index is 962. The van der Waals surface area contributed by atoms with Gasteiger partial charge in [-0.15, -0.1) is 0 Å². The maximum atomic E-state index is 12.8. The lowest BCUT2D eigenvalue weighted by Crippen LogP contribution is -2.57. The molecule has 4 N–H and O–H groups in total. The zero-order valence-corrected chi connectivity index (χ0v) is 20.2. The van der Waals surface area contributed by atoms with Crippen LogP contribution < -0.4 is 16.6 Å². The number of anilines is 1. The van der Waals surface area contributed by atoms with E-state index in [0.717, 1.165) is 0 Å². The van der Waals surface area contributed by atoms with Gasteiger partial charge in [0, 0.05) is 33.3 Å². The number of carbonyl (C=O) groups is 3. The number of carbonyl (C=O) groups excluding carboxylic acids is 3. The molecule has 1 aromatic heterocycles. The summed E-state index contributed by atoms with van der Waals surface area (Å²) in [5, 5.41) is 2.93. The zero-order chi connectivity index (χ0) is 24.8. The summed E-state index contributed by atoms with van der Waals surface area (Å²) in [6.07, 6.45) is 1.40. The van der Waals surface area contributed by atoms with Crippen molar-refractivity contribution >= 4 is 35.2 Å². The van der Waals surface area contributed by atoms with E-state index in [0.29, 0.717) is 52.0 Å². The molecule has 2 saturated heterocycles. The Balaban J connectivity index is 1.51. The number of nitrogens with two attached hydrogens (primary N) is 1. The van der Waals surface area contributed by atoms with Crippen LogP contribution in [0, 0.1) is 5.92 Å². The highest BCUT2D eigenvalue weighted by Crippen LogP contribution is 2.20. The highest BCUT2D eigenvalue weighted by atomic mass is 35.5. The Morgan fingerprint density at radius 1 is 1.24 bits per heavy atom. The zero-order valence-electron chi connectivity index (χ0n) is 19.5. The second-order valence-electron chi connectivity index (χ2n) is 8.56. The molecule has 11 nitrogen and oxygen atoms in total. The first-order valence-electron chi connectivity index (χ1n) is 11.4. The molecule has 188 valence electrons. The summed E-state index contributed by atoms with van der Waals surface area (Å²) in [6, 6.07) is 0.908. The number of hydrogen-bond donors (Lipinski definition) is 3. The molecule has 0 aromatic carbocycles. The van der Waals surface area contributed by atoms with Gasteiger partial charge in [0.05, 0.1) is 36.2 Å². The number of H-pyrrole nitrogens is 1. The minimum Gasteiger partial charge on any atom is -0.466 e. The van der Waals surface area contributed by atoms with Gasteiger partial charge in [-0.05, 0) is 32.3 Å². The first kappa shape index (κ1) is 26.0. The summed E-state index contributed by atoms with van der Waals surface area (Å²) in [5.74, 6) is -0.901. The molecular weight excluding hydrogens is 466 g/mol. The van der Waals surface area contributed by atoms with Crippen LogP contribution in [0.25, 0.3) is 0 Å². The number of methoxy groups -OCH3 is 1. The van der Waals surface area contributed by atoms with Crippen LogP contribution in [0.3, 0.4) is 0 Å². The average molecular weight is 498 g/mol. The number of halogens is 1. The molecule has 2 atom stereocenters. The molecule has 0 spiro atoms. The van der Waals surface area contributed by atoms with Crippen LogP contribution in [0.2, 0.25) is 5.02 Å². The van der Waals surface area contributed by atoms with Gasteiger partial charge in [0.25, 0.3) is 11.5 Å². The van der Waals surface area contributed by atoms with Gasteiger partial charge in [-0.3, -0.25) is 24.1 Å². The van der Waals surface area contributed by atoms with Crippen LogP contribution in [0.1, 0.15) is 36.5 Å². The molecule has 0 radical (unpaired) electrons. The van der Waals surface area contributed by atoms with Gasteiger partial charge in [0.1, 0.15) is 11.4 Å². The van der Waals surface area contributed by atoms with Gasteiger partial charge >= 0.3 is 5.97 Å². The summed E-state index contributed by atoms with van der Waals surface area (Å²) < 4.78 is 10.6. The van der Waals surface area contributed by atoms with Crippen LogP contribution >= 0.6 is 11.6 Å². The van der Waals surface area contributed by atoms with E-state index < -0.39 is 11.5 Å². The number of esters is 1. The maximum Gasteiger partial charge on any atom is 0.309 e. The Labute approximate surface area is 202 Å². The van der Waals surface area contributed by atoms with E-state index in [9.17, 15) is 19.2 Å². The van der Waals surface area contributed by atoms with Gasteiger partial charge in [0.15, 0.2) is 0 Å². The molecule has 0 saturated carbocycles. The first-order valence-corrected chi connectivity index (χ1v) is 11.8. The highest BCUT2D eigenvalue weighted by molar-refractivity contribution is 6.33. The Hall–Kier alpha value is -2.63. The molecule has 2 amide bonds. The van der Waals surface area contributed by atoms with Crippen molar-refractivity contribution in [2.45, 2.75) is 38.3 Å². The van der Waals surface area contributed by atoms with Crippen LogP contribution in [0.15, 0.2) is 10.9 Å². The third-order valence-corrected chi connectivity index (χ3v) is 6.67. The predicted molar refractivity (Wildman–Crippen MR) is 126 cm³/mol. The number of rotatable bonds is 7. The number of aromatic amines is 1. The van der Waals surface area contributed by atoms with Crippen molar-refractivity contribution in [1.82, 2.24) is 20.1 Å². The van der Waals surface area contributed by atoms with Crippen molar-refractivity contribution < 1.29 is 23.9 Å². The van der Waals surface area contributed by atoms with Crippen LogP contribution in [-0.4, -0.2) is 91.2 Å².